The van der Waals surface area contributed by atoms with Crippen LogP contribution in [-0.4, -0.2) is 32.6 Å². The van der Waals surface area contributed by atoms with E-state index in [0.717, 1.165) is 0 Å². The van der Waals surface area contributed by atoms with Crippen LogP contribution in [0.2, 0.25) is 0 Å². The molecule has 0 aliphatic carbocycles. The van der Waals surface area contributed by atoms with Gasteiger partial charge in [0, 0.05) is 12.5 Å². The number of nitrogens with one attached hydrogen (secondary N) is 2. The van der Waals surface area contributed by atoms with E-state index >= 15 is 0 Å². The minimum Gasteiger partial charge on any atom is -0.382 e. The lowest BCUT2D eigenvalue weighted by Crippen LogP contribution is -2.18. The Labute approximate surface area is 120 Å². The van der Waals surface area contributed by atoms with E-state index in [1.165, 1.54) is 11.3 Å². The number of carbonyl (C=O) groups is 1. The van der Waals surface area contributed by atoms with Crippen LogP contribution in [0.15, 0.2) is 11.7 Å². The van der Waals surface area contributed by atoms with Crippen LogP contribution >= 0.6 is 11.3 Å². The molecule has 2 aromatic rings. The van der Waals surface area contributed by atoms with E-state index in [1.54, 1.807) is 11.7 Å². The van der Waals surface area contributed by atoms with E-state index in [4.69, 9.17) is 0 Å². The smallest absolute Gasteiger partial charge is 0.278 e. The summed E-state index contributed by atoms with van der Waals surface area (Å²) in [6.07, 6.45) is 1.64. The summed E-state index contributed by atoms with van der Waals surface area (Å²) < 4.78 is 0. The van der Waals surface area contributed by atoms with Crippen LogP contribution in [0.25, 0.3) is 0 Å². The number of nitrogens with zero attached hydrogens (tertiary/aromatic N) is 4. The van der Waals surface area contributed by atoms with Crippen LogP contribution in [0.5, 0.6) is 0 Å². The first-order chi connectivity index (χ1) is 9.61. The number of carbonyl (C=O) groups excluding carboxylic acids is 1. The van der Waals surface area contributed by atoms with E-state index in [0.29, 0.717) is 28.9 Å². The Balaban J connectivity index is 2.30. The van der Waals surface area contributed by atoms with E-state index in [-0.39, 0.29) is 11.8 Å². The first-order valence-electron chi connectivity index (χ1n) is 6.30. The fourth-order valence-corrected chi connectivity index (χ4v) is 1.99. The van der Waals surface area contributed by atoms with Gasteiger partial charge in [-0.05, 0) is 6.92 Å². The van der Waals surface area contributed by atoms with Crippen molar-refractivity contribution in [2.24, 2.45) is 0 Å². The number of rotatable bonds is 5. The van der Waals surface area contributed by atoms with Crippen LogP contribution in [0, 0.1) is 0 Å². The molecule has 0 radical (unpaired) electrons. The molecule has 0 atom stereocenters. The van der Waals surface area contributed by atoms with Gasteiger partial charge in [-0.15, -0.1) is 10.2 Å². The Morgan fingerprint density at radius 1 is 1.45 bits per heavy atom. The standard InChI is InChI=1S/C12H16N6OS/c1-4-13-8-5-14-10(7(2)3)16-9(8)11(19)17-12-18-15-6-20-12/h5-7,13H,4H2,1-3H3,(H,17,18,19). The lowest BCUT2D eigenvalue weighted by Gasteiger charge is -2.11. The molecule has 0 aliphatic rings. The topological polar surface area (TPSA) is 92.7 Å². The second kappa shape index (κ2) is 6.38. The summed E-state index contributed by atoms with van der Waals surface area (Å²) in [5.74, 6) is 0.467. The SMILES string of the molecule is CCNc1cnc(C(C)C)nc1C(=O)Nc1nncs1. The van der Waals surface area contributed by atoms with E-state index in [9.17, 15) is 4.79 Å². The van der Waals surface area contributed by atoms with Gasteiger partial charge < -0.3 is 5.32 Å². The van der Waals surface area contributed by atoms with Crippen molar-refractivity contribution in [1.29, 1.82) is 0 Å². The molecular weight excluding hydrogens is 276 g/mol. The summed E-state index contributed by atoms with van der Waals surface area (Å²) >= 11 is 1.26. The summed E-state index contributed by atoms with van der Waals surface area (Å²) in [4.78, 5) is 20.9. The van der Waals surface area contributed by atoms with Crippen molar-refractivity contribution < 1.29 is 4.79 Å². The molecule has 0 unspecified atom stereocenters. The maximum Gasteiger partial charge on any atom is 0.278 e. The molecule has 20 heavy (non-hydrogen) atoms. The van der Waals surface area contributed by atoms with Crippen molar-refractivity contribution in [3.8, 4) is 0 Å². The van der Waals surface area contributed by atoms with Gasteiger partial charge in [-0.3, -0.25) is 10.1 Å². The number of aromatic nitrogens is 4. The molecular formula is C12H16N6OS. The fraction of sp³-hybridized carbons (Fsp3) is 0.417. The molecule has 2 rings (SSSR count). The van der Waals surface area contributed by atoms with Crippen molar-refractivity contribution in [1.82, 2.24) is 20.2 Å². The van der Waals surface area contributed by atoms with Crippen LogP contribution in [-0.2, 0) is 0 Å². The molecule has 2 N–H and O–H groups in total. The van der Waals surface area contributed by atoms with Gasteiger partial charge in [0.25, 0.3) is 5.91 Å². The van der Waals surface area contributed by atoms with Gasteiger partial charge in [0.1, 0.15) is 11.3 Å². The van der Waals surface area contributed by atoms with Gasteiger partial charge in [-0.1, -0.05) is 25.2 Å². The predicted molar refractivity (Wildman–Crippen MR) is 78.1 cm³/mol. The number of hydrogen-bond donors (Lipinski definition) is 2. The zero-order valence-corrected chi connectivity index (χ0v) is 12.4. The van der Waals surface area contributed by atoms with Crippen molar-refractivity contribution in [3.63, 3.8) is 0 Å². The Bertz CT molecular complexity index is 584. The monoisotopic (exact) mass is 292 g/mol. The van der Waals surface area contributed by atoms with Gasteiger partial charge >= 0.3 is 0 Å². The van der Waals surface area contributed by atoms with Crippen molar-refractivity contribution in [2.45, 2.75) is 26.7 Å². The average Bonchev–Trinajstić information content (AvgIpc) is 2.92. The third-order valence-corrected chi connectivity index (χ3v) is 3.09. The molecule has 0 aliphatic heterocycles. The van der Waals surface area contributed by atoms with Crippen LogP contribution in [0.3, 0.4) is 0 Å². The van der Waals surface area contributed by atoms with Crippen molar-refractivity contribution in [3.05, 3.63) is 23.2 Å². The normalized spacial score (nSPS) is 10.6. The highest BCUT2D eigenvalue weighted by molar-refractivity contribution is 7.13. The molecule has 0 saturated carbocycles. The Hall–Kier alpha value is -2.09. The lowest BCUT2D eigenvalue weighted by atomic mass is 10.2. The molecule has 0 bridgehead atoms. The zero-order valence-electron chi connectivity index (χ0n) is 11.5. The Kier molecular flexibility index (Phi) is 4.57. The van der Waals surface area contributed by atoms with Gasteiger partial charge in [0.15, 0.2) is 5.69 Å². The Morgan fingerprint density at radius 3 is 2.85 bits per heavy atom. The summed E-state index contributed by atoms with van der Waals surface area (Å²) in [6.45, 7) is 6.59. The number of anilines is 2. The highest BCUT2D eigenvalue weighted by Crippen LogP contribution is 2.18. The lowest BCUT2D eigenvalue weighted by molar-refractivity contribution is 0.102. The van der Waals surface area contributed by atoms with Crippen LogP contribution in [0.1, 0.15) is 43.0 Å². The third kappa shape index (κ3) is 3.27. The minimum absolute atomic E-state index is 0.152. The summed E-state index contributed by atoms with van der Waals surface area (Å²) in [5, 5.41) is 13.7. The second-order valence-electron chi connectivity index (χ2n) is 4.37. The van der Waals surface area contributed by atoms with Crippen LogP contribution < -0.4 is 10.6 Å². The Morgan fingerprint density at radius 2 is 2.25 bits per heavy atom. The largest absolute Gasteiger partial charge is 0.382 e. The maximum atomic E-state index is 12.3. The van der Waals surface area contributed by atoms with Gasteiger partial charge in [0.2, 0.25) is 5.13 Å². The number of amides is 1. The first-order valence-corrected chi connectivity index (χ1v) is 7.18. The maximum absolute atomic E-state index is 12.3. The molecule has 0 saturated heterocycles. The van der Waals surface area contributed by atoms with Gasteiger partial charge in [0.05, 0.1) is 11.9 Å². The minimum atomic E-state index is -0.318. The molecule has 8 heteroatoms. The average molecular weight is 292 g/mol. The van der Waals surface area contributed by atoms with Gasteiger partial charge in [-0.25, -0.2) is 9.97 Å². The molecule has 0 spiro atoms. The van der Waals surface area contributed by atoms with E-state index in [2.05, 4.69) is 30.8 Å². The summed E-state index contributed by atoms with van der Waals surface area (Å²) in [5.41, 5.74) is 2.49. The zero-order chi connectivity index (χ0) is 14.5. The molecule has 0 aromatic carbocycles. The van der Waals surface area contributed by atoms with E-state index < -0.39 is 0 Å². The van der Waals surface area contributed by atoms with Crippen molar-refractivity contribution >= 4 is 28.1 Å². The highest BCUT2D eigenvalue weighted by Gasteiger charge is 2.17. The molecule has 7 nitrogen and oxygen atoms in total. The molecule has 2 heterocycles. The van der Waals surface area contributed by atoms with Crippen LogP contribution in [0.4, 0.5) is 10.8 Å². The highest BCUT2D eigenvalue weighted by atomic mass is 32.1. The molecule has 1 amide bonds. The predicted octanol–water partition coefficient (Wildman–Crippen LogP) is 2.14. The van der Waals surface area contributed by atoms with Gasteiger partial charge in [-0.2, -0.15) is 0 Å². The first kappa shape index (κ1) is 14.3. The summed E-state index contributed by atoms with van der Waals surface area (Å²) in [7, 11) is 0. The summed E-state index contributed by atoms with van der Waals surface area (Å²) in [6, 6.07) is 0. The second-order valence-corrected chi connectivity index (χ2v) is 5.21. The third-order valence-electron chi connectivity index (χ3n) is 2.49. The van der Waals surface area contributed by atoms with Crippen molar-refractivity contribution in [2.75, 3.05) is 17.2 Å². The van der Waals surface area contributed by atoms with E-state index in [1.807, 2.05) is 20.8 Å². The molecule has 2 aromatic heterocycles. The quantitative estimate of drug-likeness (QED) is 0.877. The number of hydrogen-bond acceptors (Lipinski definition) is 7. The fourth-order valence-electron chi connectivity index (χ4n) is 1.55. The molecule has 0 fully saturated rings. The molecule has 106 valence electrons.